The van der Waals surface area contributed by atoms with Gasteiger partial charge in [-0.25, -0.2) is 0 Å². The molecule has 0 atom stereocenters. The molecular formula is C30H25N3. The lowest BCUT2D eigenvalue weighted by atomic mass is 9.99. The van der Waals surface area contributed by atoms with Gasteiger partial charge in [-0.1, -0.05) is 98.8 Å². The van der Waals surface area contributed by atoms with Crippen molar-refractivity contribution in [1.82, 2.24) is 14.8 Å². The first-order valence-corrected chi connectivity index (χ1v) is 11.5. The van der Waals surface area contributed by atoms with Crippen LogP contribution in [0.3, 0.4) is 0 Å². The van der Waals surface area contributed by atoms with Gasteiger partial charge >= 0.3 is 0 Å². The zero-order valence-corrected chi connectivity index (χ0v) is 18.9. The third-order valence-electron chi connectivity index (χ3n) is 6.49. The molecular weight excluding hydrogens is 402 g/mol. The van der Waals surface area contributed by atoms with Crippen LogP contribution >= 0.6 is 0 Å². The quantitative estimate of drug-likeness (QED) is 0.296. The van der Waals surface area contributed by atoms with Gasteiger partial charge < -0.3 is 0 Å². The maximum atomic E-state index is 4.54. The summed E-state index contributed by atoms with van der Waals surface area (Å²) in [5, 5.41) is 9.06. The molecule has 0 amide bonds. The van der Waals surface area contributed by atoms with Crippen molar-refractivity contribution in [2.45, 2.75) is 26.2 Å². The zero-order chi connectivity index (χ0) is 22.4. The highest BCUT2D eigenvalue weighted by Gasteiger charge is 2.19. The lowest BCUT2D eigenvalue weighted by molar-refractivity contribution is 0.746. The number of fused-ring (bicyclic) bond motifs is 3. The minimum atomic E-state index is 0.271. The van der Waals surface area contributed by atoms with Crippen molar-refractivity contribution in [1.29, 1.82) is 0 Å². The van der Waals surface area contributed by atoms with E-state index in [0.29, 0.717) is 0 Å². The van der Waals surface area contributed by atoms with Gasteiger partial charge in [0.2, 0.25) is 0 Å². The molecule has 5 aromatic rings. The van der Waals surface area contributed by atoms with Gasteiger partial charge in [0, 0.05) is 17.2 Å². The molecule has 0 spiro atoms. The molecule has 0 saturated heterocycles. The number of nitrogens with zero attached hydrogens (tertiary/aromatic N) is 3. The first kappa shape index (κ1) is 19.7. The average Bonchev–Trinajstić information content (AvgIpc) is 3.46. The van der Waals surface area contributed by atoms with Crippen molar-refractivity contribution in [2.24, 2.45) is 0 Å². The van der Waals surface area contributed by atoms with Gasteiger partial charge in [0.1, 0.15) is 5.82 Å². The fourth-order valence-corrected chi connectivity index (χ4v) is 4.83. The van der Waals surface area contributed by atoms with E-state index in [-0.39, 0.29) is 5.92 Å². The Morgan fingerprint density at radius 2 is 1.33 bits per heavy atom. The largest absolute Gasteiger partial charge is 0.279 e. The maximum absolute atomic E-state index is 4.54. The minimum absolute atomic E-state index is 0.271. The van der Waals surface area contributed by atoms with Gasteiger partial charge in [-0.15, -0.1) is 10.2 Å². The fraction of sp³-hybridized carbons (Fsp3) is 0.133. The van der Waals surface area contributed by atoms with E-state index in [9.17, 15) is 0 Å². The molecule has 1 aliphatic carbocycles. The van der Waals surface area contributed by atoms with Crippen molar-refractivity contribution in [3.63, 3.8) is 0 Å². The SMILES string of the molecule is CC(C)c1nnc(-c2ccccc2)n1-c1ccc(-c2ccc3c(c2)Cc2ccccc2-3)cc1. The molecule has 0 unspecified atom stereocenters. The molecule has 3 nitrogen and oxygen atoms in total. The zero-order valence-electron chi connectivity index (χ0n) is 18.9. The molecule has 0 aliphatic heterocycles. The number of rotatable bonds is 4. The predicted molar refractivity (Wildman–Crippen MR) is 135 cm³/mol. The normalized spacial score (nSPS) is 12.1. The molecule has 0 N–H and O–H groups in total. The average molecular weight is 428 g/mol. The second-order valence-electron chi connectivity index (χ2n) is 8.99. The molecule has 1 heterocycles. The van der Waals surface area contributed by atoms with Crippen LogP contribution in [0.5, 0.6) is 0 Å². The van der Waals surface area contributed by atoms with Crippen molar-refractivity contribution in [3.8, 4) is 39.3 Å². The summed E-state index contributed by atoms with van der Waals surface area (Å²) in [5.41, 5.74) is 10.2. The first-order valence-electron chi connectivity index (χ1n) is 11.5. The Hall–Kier alpha value is -3.98. The Kier molecular flexibility index (Phi) is 4.69. The Labute approximate surface area is 194 Å². The van der Waals surface area contributed by atoms with Gasteiger partial charge in [0.05, 0.1) is 0 Å². The van der Waals surface area contributed by atoms with Crippen LogP contribution in [0.2, 0.25) is 0 Å². The third-order valence-corrected chi connectivity index (χ3v) is 6.49. The van der Waals surface area contributed by atoms with Crippen molar-refractivity contribution in [3.05, 3.63) is 114 Å². The molecule has 3 heteroatoms. The highest BCUT2D eigenvalue weighted by molar-refractivity contribution is 5.80. The van der Waals surface area contributed by atoms with Crippen LogP contribution in [0.1, 0.15) is 36.7 Å². The van der Waals surface area contributed by atoms with Crippen LogP contribution in [-0.4, -0.2) is 14.8 Å². The summed E-state index contributed by atoms with van der Waals surface area (Å²) in [7, 11) is 0. The van der Waals surface area contributed by atoms with Crippen LogP contribution in [0.15, 0.2) is 97.1 Å². The smallest absolute Gasteiger partial charge is 0.168 e. The van der Waals surface area contributed by atoms with Gasteiger partial charge in [0.25, 0.3) is 0 Å². The molecule has 1 aliphatic rings. The van der Waals surface area contributed by atoms with E-state index in [1.54, 1.807) is 0 Å². The predicted octanol–water partition coefficient (Wildman–Crippen LogP) is 7.30. The Balaban J connectivity index is 1.38. The Morgan fingerprint density at radius 3 is 2.12 bits per heavy atom. The number of benzene rings is 4. The number of aromatic nitrogens is 3. The summed E-state index contributed by atoms with van der Waals surface area (Å²) in [6.07, 6.45) is 1.01. The number of hydrogen-bond acceptors (Lipinski definition) is 2. The van der Waals surface area contributed by atoms with E-state index in [4.69, 9.17) is 0 Å². The lowest BCUT2D eigenvalue weighted by Gasteiger charge is -2.13. The lowest BCUT2D eigenvalue weighted by Crippen LogP contribution is -2.04. The van der Waals surface area contributed by atoms with Gasteiger partial charge in [-0.3, -0.25) is 4.57 Å². The van der Waals surface area contributed by atoms with E-state index in [0.717, 1.165) is 29.3 Å². The molecule has 0 fully saturated rings. The van der Waals surface area contributed by atoms with Gasteiger partial charge in [0.15, 0.2) is 5.82 Å². The molecule has 4 aromatic carbocycles. The fourth-order valence-electron chi connectivity index (χ4n) is 4.83. The molecule has 0 saturated carbocycles. The van der Waals surface area contributed by atoms with E-state index in [1.165, 1.54) is 33.4 Å². The molecule has 6 rings (SSSR count). The molecule has 33 heavy (non-hydrogen) atoms. The highest BCUT2D eigenvalue weighted by atomic mass is 15.3. The number of hydrogen-bond donors (Lipinski definition) is 0. The maximum Gasteiger partial charge on any atom is 0.168 e. The summed E-state index contributed by atoms with van der Waals surface area (Å²) in [6.45, 7) is 4.32. The summed E-state index contributed by atoms with van der Waals surface area (Å²) < 4.78 is 2.18. The summed E-state index contributed by atoms with van der Waals surface area (Å²) >= 11 is 0. The van der Waals surface area contributed by atoms with Crippen LogP contribution in [0, 0.1) is 0 Å². The van der Waals surface area contributed by atoms with Crippen molar-refractivity contribution in [2.75, 3.05) is 0 Å². The molecule has 0 radical (unpaired) electrons. The van der Waals surface area contributed by atoms with E-state index < -0.39 is 0 Å². The molecule has 160 valence electrons. The van der Waals surface area contributed by atoms with Crippen molar-refractivity contribution >= 4 is 0 Å². The summed E-state index contributed by atoms with van der Waals surface area (Å²) in [6, 6.07) is 34.6. The monoisotopic (exact) mass is 427 g/mol. The van der Waals surface area contributed by atoms with E-state index in [2.05, 4.69) is 107 Å². The van der Waals surface area contributed by atoms with Crippen LogP contribution in [0.4, 0.5) is 0 Å². The Morgan fingerprint density at radius 1 is 0.636 bits per heavy atom. The third kappa shape index (κ3) is 3.37. The van der Waals surface area contributed by atoms with Crippen LogP contribution in [0.25, 0.3) is 39.3 Å². The minimum Gasteiger partial charge on any atom is -0.279 e. The van der Waals surface area contributed by atoms with E-state index >= 15 is 0 Å². The molecule has 0 bridgehead atoms. The van der Waals surface area contributed by atoms with Gasteiger partial charge in [-0.05, 0) is 51.9 Å². The van der Waals surface area contributed by atoms with E-state index in [1.807, 2.05) is 18.2 Å². The topological polar surface area (TPSA) is 30.7 Å². The first-order chi connectivity index (χ1) is 16.2. The second-order valence-corrected chi connectivity index (χ2v) is 8.99. The highest BCUT2D eigenvalue weighted by Crippen LogP contribution is 2.38. The van der Waals surface area contributed by atoms with Crippen molar-refractivity contribution < 1.29 is 0 Å². The van der Waals surface area contributed by atoms with Crippen LogP contribution in [-0.2, 0) is 6.42 Å². The standard InChI is InChI=1S/C30H25N3/c1-20(2)29-31-32-30(22-8-4-3-5-9-22)33(29)26-15-12-21(13-16-26)23-14-17-28-25(18-23)19-24-10-6-7-11-27(24)28/h3-18,20H,19H2,1-2H3. The summed E-state index contributed by atoms with van der Waals surface area (Å²) in [5.74, 6) is 2.12. The Bertz CT molecular complexity index is 1440. The molecule has 1 aromatic heterocycles. The van der Waals surface area contributed by atoms with Crippen LogP contribution < -0.4 is 0 Å². The van der Waals surface area contributed by atoms with Gasteiger partial charge in [-0.2, -0.15) is 0 Å². The second kappa shape index (κ2) is 7.86. The summed E-state index contributed by atoms with van der Waals surface area (Å²) in [4.78, 5) is 0.